The van der Waals surface area contributed by atoms with Gasteiger partial charge in [-0.15, -0.1) is 21.5 Å². The summed E-state index contributed by atoms with van der Waals surface area (Å²) in [6, 6.07) is 2.51. The molecule has 0 spiro atoms. The molecule has 0 bridgehead atoms. The SMILES string of the molecule is CC(C)NCc1nnc(-c2sccc2Br)s1. The number of nitrogens with one attached hydrogen (secondary N) is 1. The Bertz CT molecular complexity index is 464. The van der Waals surface area contributed by atoms with Crippen molar-refractivity contribution in [3.05, 3.63) is 20.9 Å². The fourth-order valence-electron chi connectivity index (χ4n) is 1.15. The van der Waals surface area contributed by atoms with Crippen LogP contribution in [0.3, 0.4) is 0 Å². The van der Waals surface area contributed by atoms with E-state index in [9.17, 15) is 0 Å². The monoisotopic (exact) mass is 317 g/mol. The van der Waals surface area contributed by atoms with Crippen molar-refractivity contribution in [1.82, 2.24) is 15.5 Å². The number of thiophene rings is 1. The highest BCUT2D eigenvalue weighted by atomic mass is 79.9. The summed E-state index contributed by atoms with van der Waals surface area (Å²) >= 11 is 6.83. The first-order valence-corrected chi connectivity index (χ1v) is 7.45. The van der Waals surface area contributed by atoms with Gasteiger partial charge < -0.3 is 5.32 Å². The minimum atomic E-state index is 0.473. The maximum Gasteiger partial charge on any atom is 0.159 e. The molecule has 0 radical (unpaired) electrons. The standard InChI is InChI=1S/C10H12BrN3S2/c1-6(2)12-5-8-13-14-10(16-8)9-7(11)3-4-15-9/h3-4,6,12H,5H2,1-2H3. The van der Waals surface area contributed by atoms with Gasteiger partial charge in [-0.3, -0.25) is 0 Å². The second kappa shape index (κ2) is 5.35. The fraction of sp³-hybridized carbons (Fsp3) is 0.400. The molecule has 16 heavy (non-hydrogen) atoms. The molecule has 0 fully saturated rings. The van der Waals surface area contributed by atoms with E-state index in [4.69, 9.17) is 0 Å². The number of hydrogen-bond acceptors (Lipinski definition) is 5. The van der Waals surface area contributed by atoms with Crippen molar-refractivity contribution in [2.75, 3.05) is 0 Å². The zero-order chi connectivity index (χ0) is 11.5. The first-order chi connectivity index (χ1) is 7.66. The molecule has 0 amide bonds. The normalized spacial score (nSPS) is 11.2. The van der Waals surface area contributed by atoms with E-state index in [0.29, 0.717) is 6.04 Å². The molecule has 2 aromatic rings. The van der Waals surface area contributed by atoms with E-state index >= 15 is 0 Å². The lowest BCUT2D eigenvalue weighted by Crippen LogP contribution is -2.21. The van der Waals surface area contributed by atoms with Crippen molar-refractivity contribution in [2.24, 2.45) is 0 Å². The van der Waals surface area contributed by atoms with Gasteiger partial charge in [-0.25, -0.2) is 0 Å². The van der Waals surface area contributed by atoms with Crippen LogP contribution in [0.15, 0.2) is 15.9 Å². The summed E-state index contributed by atoms with van der Waals surface area (Å²) in [6.45, 7) is 5.04. The lowest BCUT2D eigenvalue weighted by Gasteiger charge is -2.03. The number of aromatic nitrogens is 2. The van der Waals surface area contributed by atoms with Gasteiger partial charge in [0.1, 0.15) is 5.01 Å². The topological polar surface area (TPSA) is 37.8 Å². The van der Waals surface area contributed by atoms with E-state index in [2.05, 4.69) is 45.3 Å². The molecule has 0 saturated carbocycles. The van der Waals surface area contributed by atoms with Crippen LogP contribution in [0.4, 0.5) is 0 Å². The molecule has 0 aromatic carbocycles. The van der Waals surface area contributed by atoms with Gasteiger partial charge in [0.2, 0.25) is 0 Å². The highest BCUT2D eigenvalue weighted by molar-refractivity contribution is 9.10. The maximum atomic E-state index is 4.21. The third-order valence-corrected chi connectivity index (χ3v) is 4.85. The molecule has 2 rings (SSSR count). The first kappa shape index (κ1) is 12.2. The molecule has 0 atom stereocenters. The Morgan fingerprint density at radius 1 is 1.44 bits per heavy atom. The third kappa shape index (κ3) is 2.88. The van der Waals surface area contributed by atoms with Gasteiger partial charge in [0.25, 0.3) is 0 Å². The van der Waals surface area contributed by atoms with Crippen molar-refractivity contribution in [1.29, 1.82) is 0 Å². The van der Waals surface area contributed by atoms with Crippen LogP contribution in [-0.2, 0) is 6.54 Å². The maximum absolute atomic E-state index is 4.21. The minimum absolute atomic E-state index is 0.473. The van der Waals surface area contributed by atoms with E-state index in [1.54, 1.807) is 22.7 Å². The molecule has 0 unspecified atom stereocenters. The number of hydrogen-bond donors (Lipinski definition) is 1. The van der Waals surface area contributed by atoms with Crippen molar-refractivity contribution >= 4 is 38.6 Å². The van der Waals surface area contributed by atoms with Crippen molar-refractivity contribution in [3.63, 3.8) is 0 Å². The lowest BCUT2D eigenvalue weighted by molar-refractivity contribution is 0.585. The number of nitrogens with zero attached hydrogens (tertiary/aromatic N) is 2. The van der Waals surface area contributed by atoms with Crippen molar-refractivity contribution in [3.8, 4) is 9.88 Å². The Kier molecular flexibility index (Phi) is 4.07. The summed E-state index contributed by atoms with van der Waals surface area (Å²) in [7, 11) is 0. The quantitative estimate of drug-likeness (QED) is 0.937. The van der Waals surface area contributed by atoms with E-state index in [-0.39, 0.29) is 0 Å². The second-order valence-electron chi connectivity index (χ2n) is 3.63. The smallest absolute Gasteiger partial charge is 0.159 e. The summed E-state index contributed by atoms with van der Waals surface area (Å²) in [6.07, 6.45) is 0. The molecule has 6 heteroatoms. The highest BCUT2D eigenvalue weighted by Crippen LogP contribution is 2.34. The van der Waals surface area contributed by atoms with Crippen LogP contribution in [-0.4, -0.2) is 16.2 Å². The molecular formula is C10H12BrN3S2. The van der Waals surface area contributed by atoms with Crippen LogP contribution in [0.25, 0.3) is 9.88 Å². The molecule has 1 N–H and O–H groups in total. The first-order valence-electron chi connectivity index (χ1n) is 4.96. The van der Waals surface area contributed by atoms with E-state index < -0.39 is 0 Å². The van der Waals surface area contributed by atoms with Crippen LogP contribution < -0.4 is 5.32 Å². The van der Waals surface area contributed by atoms with Crippen LogP contribution in [0, 0.1) is 0 Å². The predicted octanol–water partition coefficient (Wildman–Crippen LogP) is 3.53. The van der Waals surface area contributed by atoms with E-state index in [0.717, 1.165) is 25.9 Å². The summed E-state index contributed by atoms with van der Waals surface area (Å²) in [4.78, 5) is 1.16. The molecular weight excluding hydrogens is 306 g/mol. The Labute approximate surface area is 111 Å². The van der Waals surface area contributed by atoms with Crippen LogP contribution in [0.5, 0.6) is 0 Å². The molecule has 3 nitrogen and oxygen atoms in total. The number of halogens is 1. The Hall–Kier alpha value is -0.300. The number of rotatable bonds is 4. The molecule has 2 aromatic heterocycles. The molecule has 86 valence electrons. The molecule has 0 saturated heterocycles. The predicted molar refractivity (Wildman–Crippen MR) is 72.9 cm³/mol. The van der Waals surface area contributed by atoms with Gasteiger partial charge in [0.15, 0.2) is 5.01 Å². The Morgan fingerprint density at radius 2 is 2.25 bits per heavy atom. The van der Waals surface area contributed by atoms with E-state index in [1.807, 2.05) is 11.4 Å². The zero-order valence-electron chi connectivity index (χ0n) is 9.03. The molecule has 0 aliphatic rings. The van der Waals surface area contributed by atoms with Gasteiger partial charge >= 0.3 is 0 Å². The average Bonchev–Trinajstić information content (AvgIpc) is 2.83. The van der Waals surface area contributed by atoms with Gasteiger partial charge in [-0.05, 0) is 27.4 Å². The van der Waals surface area contributed by atoms with Crippen molar-refractivity contribution < 1.29 is 0 Å². The average molecular weight is 318 g/mol. The summed E-state index contributed by atoms with van der Waals surface area (Å²) in [5, 5.41) is 15.8. The van der Waals surface area contributed by atoms with Gasteiger partial charge in [0, 0.05) is 17.1 Å². The summed E-state index contributed by atoms with van der Waals surface area (Å²) in [5.41, 5.74) is 0. The lowest BCUT2D eigenvalue weighted by atomic mass is 10.4. The second-order valence-corrected chi connectivity index (χ2v) is 6.47. The largest absolute Gasteiger partial charge is 0.308 e. The summed E-state index contributed by atoms with van der Waals surface area (Å²) < 4.78 is 1.09. The Morgan fingerprint density at radius 3 is 2.88 bits per heavy atom. The third-order valence-electron chi connectivity index (χ3n) is 1.94. The van der Waals surface area contributed by atoms with Crippen molar-refractivity contribution in [2.45, 2.75) is 26.4 Å². The van der Waals surface area contributed by atoms with E-state index in [1.165, 1.54) is 0 Å². The highest BCUT2D eigenvalue weighted by Gasteiger charge is 2.10. The minimum Gasteiger partial charge on any atom is -0.308 e. The fourth-order valence-corrected chi connectivity index (χ4v) is 3.74. The Balaban J connectivity index is 2.11. The molecule has 2 heterocycles. The van der Waals surface area contributed by atoms with Gasteiger partial charge in [0.05, 0.1) is 4.88 Å². The van der Waals surface area contributed by atoms with Gasteiger partial charge in [-0.1, -0.05) is 25.2 Å². The zero-order valence-corrected chi connectivity index (χ0v) is 12.2. The van der Waals surface area contributed by atoms with Crippen LogP contribution in [0.2, 0.25) is 0 Å². The van der Waals surface area contributed by atoms with Crippen LogP contribution in [0.1, 0.15) is 18.9 Å². The van der Waals surface area contributed by atoms with Crippen LogP contribution >= 0.6 is 38.6 Å². The molecule has 0 aliphatic carbocycles. The molecule has 0 aliphatic heterocycles. The summed E-state index contributed by atoms with van der Waals surface area (Å²) in [5.74, 6) is 0. The van der Waals surface area contributed by atoms with Gasteiger partial charge in [-0.2, -0.15) is 0 Å².